The standard InChI is InChI=1S/C19H18BrN3O3S/c1-19-15(17(24)21-11-4-6-12(25-2)7-5-11)16(22-18(27)23-19)13-9-10(20)3-8-14(13)26-19/h3-9,15-16H,1-2H3,(H,21,24)(H2,22,23,27). The van der Waals surface area contributed by atoms with Gasteiger partial charge in [0.25, 0.3) is 0 Å². The van der Waals surface area contributed by atoms with Gasteiger partial charge in [0.1, 0.15) is 17.4 Å². The Morgan fingerprint density at radius 2 is 2.04 bits per heavy atom. The molecule has 2 heterocycles. The zero-order chi connectivity index (χ0) is 19.2. The zero-order valence-electron chi connectivity index (χ0n) is 14.7. The van der Waals surface area contributed by atoms with Crippen LogP contribution in [0.1, 0.15) is 18.5 Å². The quantitative estimate of drug-likeness (QED) is 0.626. The molecule has 1 fully saturated rings. The molecule has 0 radical (unpaired) electrons. The van der Waals surface area contributed by atoms with Gasteiger partial charge in [-0.2, -0.15) is 0 Å². The van der Waals surface area contributed by atoms with Gasteiger partial charge in [0.15, 0.2) is 10.8 Å². The Kier molecular flexibility index (Phi) is 4.47. The lowest BCUT2D eigenvalue weighted by Gasteiger charge is -2.50. The highest BCUT2D eigenvalue weighted by molar-refractivity contribution is 9.10. The highest BCUT2D eigenvalue weighted by atomic mass is 79.9. The Balaban J connectivity index is 1.68. The highest BCUT2D eigenvalue weighted by Crippen LogP contribution is 2.45. The molecule has 0 spiro atoms. The van der Waals surface area contributed by atoms with Gasteiger partial charge in [0, 0.05) is 15.7 Å². The lowest BCUT2D eigenvalue weighted by molar-refractivity contribution is -0.132. The summed E-state index contributed by atoms with van der Waals surface area (Å²) in [4.78, 5) is 13.2. The van der Waals surface area contributed by atoms with Crippen molar-refractivity contribution < 1.29 is 14.3 Å². The summed E-state index contributed by atoms with van der Waals surface area (Å²) in [5.41, 5.74) is 0.621. The van der Waals surface area contributed by atoms with Crippen molar-refractivity contribution in [1.82, 2.24) is 10.6 Å². The number of thiocarbonyl (C=S) groups is 1. The molecule has 0 aromatic heterocycles. The Labute approximate surface area is 170 Å². The van der Waals surface area contributed by atoms with Crippen LogP contribution in [0.4, 0.5) is 5.69 Å². The molecule has 2 aliphatic rings. The maximum Gasteiger partial charge on any atom is 0.236 e. The third-order valence-electron chi connectivity index (χ3n) is 4.84. The first-order valence-corrected chi connectivity index (χ1v) is 9.62. The number of fused-ring (bicyclic) bond motifs is 4. The summed E-state index contributed by atoms with van der Waals surface area (Å²) < 4.78 is 12.3. The van der Waals surface area contributed by atoms with E-state index in [2.05, 4.69) is 31.9 Å². The number of carbonyl (C=O) groups excluding carboxylic acids is 1. The summed E-state index contributed by atoms with van der Waals surface area (Å²) in [6, 6.07) is 12.6. The third kappa shape index (κ3) is 3.23. The largest absolute Gasteiger partial charge is 0.497 e. The summed E-state index contributed by atoms with van der Waals surface area (Å²) in [6.07, 6.45) is 0. The minimum absolute atomic E-state index is 0.166. The average molecular weight is 448 g/mol. The number of halogens is 1. The number of nitrogens with one attached hydrogen (secondary N) is 3. The lowest BCUT2D eigenvalue weighted by atomic mass is 9.80. The Hall–Kier alpha value is -2.32. The first-order chi connectivity index (χ1) is 12.9. The monoisotopic (exact) mass is 447 g/mol. The van der Waals surface area contributed by atoms with Crippen LogP contribution in [-0.2, 0) is 4.79 Å². The van der Waals surface area contributed by atoms with Crippen LogP contribution < -0.4 is 25.4 Å². The molecule has 1 saturated heterocycles. The van der Waals surface area contributed by atoms with Gasteiger partial charge in [-0.25, -0.2) is 0 Å². The molecule has 8 heteroatoms. The summed E-state index contributed by atoms with van der Waals surface area (Å²) in [5.74, 6) is 0.751. The molecule has 2 aromatic carbocycles. The molecule has 1 amide bonds. The van der Waals surface area contributed by atoms with Crippen molar-refractivity contribution in [2.45, 2.75) is 18.7 Å². The van der Waals surface area contributed by atoms with Crippen LogP contribution in [0.2, 0.25) is 0 Å². The minimum atomic E-state index is -0.954. The number of anilines is 1. The molecule has 3 atom stereocenters. The van der Waals surface area contributed by atoms with E-state index in [1.54, 1.807) is 31.4 Å². The smallest absolute Gasteiger partial charge is 0.236 e. The lowest BCUT2D eigenvalue weighted by Crippen LogP contribution is -2.70. The second kappa shape index (κ2) is 6.69. The van der Waals surface area contributed by atoms with E-state index in [1.165, 1.54) is 0 Å². The fourth-order valence-electron chi connectivity index (χ4n) is 3.61. The number of methoxy groups -OCH3 is 1. The minimum Gasteiger partial charge on any atom is -0.497 e. The molecular weight excluding hydrogens is 430 g/mol. The molecule has 0 aliphatic carbocycles. The predicted octanol–water partition coefficient (Wildman–Crippen LogP) is 3.34. The van der Waals surface area contributed by atoms with Gasteiger partial charge in [-0.15, -0.1) is 0 Å². The first-order valence-electron chi connectivity index (χ1n) is 8.42. The van der Waals surface area contributed by atoms with Gasteiger partial charge in [-0.3, -0.25) is 4.79 Å². The average Bonchev–Trinajstić information content (AvgIpc) is 2.62. The van der Waals surface area contributed by atoms with E-state index in [0.29, 0.717) is 10.8 Å². The zero-order valence-corrected chi connectivity index (χ0v) is 17.1. The Morgan fingerprint density at radius 1 is 1.30 bits per heavy atom. The topological polar surface area (TPSA) is 71.6 Å². The molecule has 4 rings (SSSR count). The van der Waals surface area contributed by atoms with E-state index in [0.717, 1.165) is 21.5 Å². The molecule has 27 heavy (non-hydrogen) atoms. The fraction of sp³-hybridized carbons (Fsp3) is 0.263. The third-order valence-corrected chi connectivity index (χ3v) is 5.56. The van der Waals surface area contributed by atoms with Gasteiger partial charge < -0.3 is 25.4 Å². The van der Waals surface area contributed by atoms with Crippen molar-refractivity contribution in [2.75, 3.05) is 12.4 Å². The van der Waals surface area contributed by atoms with Crippen LogP contribution in [0, 0.1) is 5.92 Å². The summed E-state index contributed by atoms with van der Waals surface area (Å²) >= 11 is 8.82. The number of rotatable bonds is 3. The molecule has 6 nitrogen and oxygen atoms in total. The van der Waals surface area contributed by atoms with Crippen molar-refractivity contribution in [3.63, 3.8) is 0 Å². The molecule has 140 valence electrons. The first kappa shape index (κ1) is 18.1. The molecule has 3 N–H and O–H groups in total. The van der Waals surface area contributed by atoms with Crippen LogP contribution in [0.3, 0.4) is 0 Å². The molecular formula is C19H18BrN3O3S. The van der Waals surface area contributed by atoms with Crippen LogP contribution in [0.25, 0.3) is 0 Å². The van der Waals surface area contributed by atoms with Crippen molar-refractivity contribution in [3.8, 4) is 11.5 Å². The second-order valence-corrected chi connectivity index (χ2v) is 7.99. The molecule has 2 bridgehead atoms. The summed E-state index contributed by atoms with van der Waals surface area (Å²) in [7, 11) is 1.60. The maximum atomic E-state index is 13.2. The molecule has 2 aromatic rings. The van der Waals surface area contributed by atoms with Gasteiger partial charge in [0.2, 0.25) is 5.91 Å². The highest BCUT2D eigenvalue weighted by Gasteiger charge is 2.54. The number of benzene rings is 2. The number of hydrogen-bond acceptors (Lipinski definition) is 4. The van der Waals surface area contributed by atoms with Gasteiger partial charge in [0.05, 0.1) is 13.2 Å². The van der Waals surface area contributed by atoms with E-state index >= 15 is 0 Å². The van der Waals surface area contributed by atoms with Crippen LogP contribution in [0.15, 0.2) is 46.9 Å². The molecule has 3 unspecified atom stereocenters. The normalized spacial score (nSPS) is 25.4. The van der Waals surface area contributed by atoms with Gasteiger partial charge >= 0.3 is 0 Å². The van der Waals surface area contributed by atoms with E-state index in [1.807, 2.05) is 25.1 Å². The van der Waals surface area contributed by atoms with Crippen LogP contribution in [-0.4, -0.2) is 23.9 Å². The predicted molar refractivity (Wildman–Crippen MR) is 110 cm³/mol. The maximum absolute atomic E-state index is 13.2. The van der Waals surface area contributed by atoms with Crippen molar-refractivity contribution >= 4 is 44.9 Å². The van der Waals surface area contributed by atoms with Gasteiger partial charge in [-0.1, -0.05) is 15.9 Å². The summed E-state index contributed by atoms with van der Waals surface area (Å²) in [5, 5.41) is 9.78. The van der Waals surface area contributed by atoms with Crippen molar-refractivity contribution in [2.24, 2.45) is 5.92 Å². The van der Waals surface area contributed by atoms with E-state index in [9.17, 15) is 4.79 Å². The van der Waals surface area contributed by atoms with Crippen LogP contribution >= 0.6 is 28.1 Å². The number of carbonyl (C=O) groups is 1. The fourth-order valence-corrected chi connectivity index (χ4v) is 4.32. The number of hydrogen-bond donors (Lipinski definition) is 3. The summed E-state index contributed by atoms with van der Waals surface area (Å²) in [6.45, 7) is 1.84. The van der Waals surface area contributed by atoms with Crippen molar-refractivity contribution in [1.29, 1.82) is 0 Å². The Morgan fingerprint density at radius 3 is 2.74 bits per heavy atom. The van der Waals surface area contributed by atoms with Gasteiger partial charge in [-0.05, 0) is 61.6 Å². The van der Waals surface area contributed by atoms with E-state index < -0.39 is 11.6 Å². The van der Waals surface area contributed by atoms with E-state index in [4.69, 9.17) is 21.7 Å². The molecule has 0 saturated carbocycles. The van der Waals surface area contributed by atoms with Crippen molar-refractivity contribution in [3.05, 3.63) is 52.5 Å². The Bertz CT molecular complexity index is 921. The molecule has 2 aliphatic heterocycles. The second-order valence-electron chi connectivity index (χ2n) is 6.66. The van der Waals surface area contributed by atoms with Crippen LogP contribution in [0.5, 0.6) is 11.5 Å². The number of amides is 1. The number of ether oxygens (including phenoxy) is 2. The SMILES string of the molecule is COc1ccc(NC(=O)C2C3NC(=S)NC2(C)Oc2ccc(Br)cc23)cc1. The van der Waals surface area contributed by atoms with E-state index in [-0.39, 0.29) is 11.9 Å².